The summed E-state index contributed by atoms with van der Waals surface area (Å²) < 4.78 is 16.6. The smallest absolute Gasteiger partial charge is 0.327 e. The maximum atomic E-state index is 11.6. The maximum absolute atomic E-state index is 11.6. The number of aliphatic carboxylic acids is 1. The molecule has 0 saturated heterocycles. The summed E-state index contributed by atoms with van der Waals surface area (Å²) in [6.07, 6.45) is 1.28. The summed E-state index contributed by atoms with van der Waals surface area (Å²) in [7, 11) is -2.55. The Hall–Kier alpha value is -1.99. The van der Waals surface area contributed by atoms with Gasteiger partial charge in [0.15, 0.2) is 6.19 Å². The van der Waals surface area contributed by atoms with E-state index in [-0.39, 0.29) is 6.16 Å². The van der Waals surface area contributed by atoms with Crippen LogP contribution >= 0.6 is 8.03 Å². The van der Waals surface area contributed by atoms with Crippen molar-refractivity contribution >= 4 is 14.0 Å². The van der Waals surface area contributed by atoms with Gasteiger partial charge >= 0.3 is 5.97 Å². The third-order valence-corrected chi connectivity index (χ3v) is 3.09. The van der Waals surface area contributed by atoms with Gasteiger partial charge in [-0.25, -0.2) is 4.79 Å². The number of hydrogen-bond acceptors (Lipinski definition) is 5. The molecule has 7 heteroatoms. The molecule has 0 aliphatic rings. The molecule has 90 valence electrons. The molecule has 0 aromatic heterocycles. The molecule has 0 spiro atoms. The predicted molar refractivity (Wildman–Crippen MR) is 61.1 cm³/mol. The lowest BCUT2D eigenvalue weighted by molar-refractivity contribution is -0.138. The standard InChI is InChI=1S/C10H11N2O4P/c11-7-12-9(10(13)14)6-17(15)16-8-4-2-1-3-5-8/h1-5,9,12,17H,6H2,(H,13,14). The van der Waals surface area contributed by atoms with Crippen LogP contribution in [0.25, 0.3) is 0 Å². The zero-order chi connectivity index (χ0) is 12.7. The lowest BCUT2D eigenvalue weighted by Crippen LogP contribution is -2.35. The molecule has 0 bridgehead atoms. The van der Waals surface area contributed by atoms with E-state index in [1.807, 2.05) is 0 Å². The second kappa shape index (κ2) is 6.56. The molecule has 2 N–H and O–H groups in total. The van der Waals surface area contributed by atoms with Crippen LogP contribution in [0.15, 0.2) is 30.3 Å². The topological polar surface area (TPSA) is 99.4 Å². The van der Waals surface area contributed by atoms with Crippen molar-refractivity contribution in [3.8, 4) is 11.9 Å². The van der Waals surface area contributed by atoms with Crippen LogP contribution in [0.4, 0.5) is 0 Å². The number of nitriles is 1. The summed E-state index contributed by atoms with van der Waals surface area (Å²) in [5.41, 5.74) is 0. The second-order valence-corrected chi connectivity index (χ2v) is 4.49. The van der Waals surface area contributed by atoms with Crippen molar-refractivity contribution in [3.63, 3.8) is 0 Å². The van der Waals surface area contributed by atoms with E-state index in [0.29, 0.717) is 5.75 Å². The molecular weight excluding hydrogens is 243 g/mol. The van der Waals surface area contributed by atoms with Gasteiger partial charge in [0.1, 0.15) is 11.8 Å². The first-order valence-electron chi connectivity index (χ1n) is 4.76. The lowest BCUT2D eigenvalue weighted by atomic mass is 10.3. The molecule has 2 unspecified atom stereocenters. The highest BCUT2D eigenvalue weighted by atomic mass is 31.1. The highest BCUT2D eigenvalue weighted by Crippen LogP contribution is 2.27. The SMILES string of the molecule is N#CNC(C[PH](=O)Oc1ccccc1)C(=O)O. The third-order valence-electron chi connectivity index (χ3n) is 1.88. The van der Waals surface area contributed by atoms with Crippen LogP contribution in [0.3, 0.4) is 0 Å². The van der Waals surface area contributed by atoms with Crippen LogP contribution in [-0.4, -0.2) is 23.3 Å². The predicted octanol–water partition coefficient (Wildman–Crippen LogP) is 1.06. The van der Waals surface area contributed by atoms with Crippen LogP contribution < -0.4 is 9.84 Å². The van der Waals surface area contributed by atoms with E-state index < -0.39 is 20.0 Å². The van der Waals surface area contributed by atoms with Gasteiger partial charge in [-0.2, -0.15) is 5.26 Å². The van der Waals surface area contributed by atoms with Crippen molar-refractivity contribution in [2.45, 2.75) is 6.04 Å². The first-order valence-corrected chi connectivity index (χ1v) is 6.29. The van der Waals surface area contributed by atoms with Crippen molar-refractivity contribution in [2.75, 3.05) is 6.16 Å². The minimum atomic E-state index is -2.55. The number of nitrogens with zero attached hydrogens (tertiary/aromatic N) is 1. The fraction of sp³-hybridized carbons (Fsp3) is 0.200. The average molecular weight is 254 g/mol. The Morgan fingerprint density at radius 2 is 2.18 bits per heavy atom. The van der Waals surface area contributed by atoms with Crippen LogP contribution in [-0.2, 0) is 9.36 Å². The van der Waals surface area contributed by atoms with Gasteiger partial charge in [-0.05, 0) is 12.1 Å². The van der Waals surface area contributed by atoms with E-state index in [1.165, 1.54) is 6.19 Å². The molecule has 0 radical (unpaired) electrons. The second-order valence-electron chi connectivity index (χ2n) is 3.14. The molecule has 1 rings (SSSR count). The van der Waals surface area contributed by atoms with Crippen molar-refractivity contribution in [1.29, 1.82) is 5.26 Å². The number of carboxylic acid groups (broad SMARTS) is 1. The number of rotatable bonds is 6. The molecule has 2 atom stereocenters. The highest BCUT2D eigenvalue weighted by molar-refractivity contribution is 7.39. The Bertz CT molecular complexity index is 443. The lowest BCUT2D eigenvalue weighted by Gasteiger charge is -2.10. The molecular formula is C10H11N2O4P. The fourth-order valence-corrected chi connectivity index (χ4v) is 2.20. The Morgan fingerprint density at radius 1 is 1.53 bits per heavy atom. The number of carbonyl (C=O) groups is 1. The Balaban J connectivity index is 2.54. The minimum Gasteiger partial charge on any atom is -0.480 e. The Labute approximate surface area is 98.7 Å². The average Bonchev–Trinajstić information content (AvgIpc) is 2.29. The van der Waals surface area contributed by atoms with Crippen molar-refractivity contribution in [3.05, 3.63) is 30.3 Å². The molecule has 0 saturated carbocycles. The Kier molecular flexibility index (Phi) is 5.05. The van der Waals surface area contributed by atoms with Gasteiger partial charge in [0, 0.05) is 0 Å². The molecule has 0 heterocycles. The van der Waals surface area contributed by atoms with Gasteiger partial charge in [0.2, 0.25) is 8.03 Å². The zero-order valence-electron chi connectivity index (χ0n) is 8.79. The van der Waals surface area contributed by atoms with Crippen molar-refractivity contribution < 1.29 is 19.0 Å². The zero-order valence-corrected chi connectivity index (χ0v) is 9.79. The molecule has 6 nitrogen and oxygen atoms in total. The van der Waals surface area contributed by atoms with Crippen LogP contribution in [0.1, 0.15) is 0 Å². The molecule has 0 amide bonds. The van der Waals surface area contributed by atoms with Gasteiger partial charge in [0.25, 0.3) is 0 Å². The Morgan fingerprint density at radius 3 is 2.71 bits per heavy atom. The summed E-state index contributed by atoms with van der Waals surface area (Å²) >= 11 is 0. The third kappa shape index (κ3) is 4.58. The van der Waals surface area contributed by atoms with Gasteiger partial charge in [0.05, 0.1) is 6.16 Å². The van der Waals surface area contributed by atoms with Crippen molar-refractivity contribution in [1.82, 2.24) is 5.32 Å². The largest absolute Gasteiger partial charge is 0.480 e. The first kappa shape index (κ1) is 13.1. The number of benzene rings is 1. The number of nitrogens with one attached hydrogen (secondary N) is 1. The summed E-state index contributed by atoms with van der Waals surface area (Å²) in [4.78, 5) is 10.7. The van der Waals surface area contributed by atoms with E-state index in [2.05, 4.69) is 5.32 Å². The molecule has 1 aromatic carbocycles. The summed E-state index contributed by atoms with van der Waals surface area (Å²) in [6.45, 7) is 0. The van der Waals surface area contributed by atoms with Crippen molar-refractivity contribution in [2.24, 2.45) is 0 Å². The van der Waals surface area contributed by atoms with E-state index in [1.54, 1.807) is 30.3 Å². The summed E-state index contributed by atoms with van der Waals surface area (Å²) in [5.74, 6) is -0.820. The fourth-order valence-electron chi connectivity index (χ4n) is 1.11. The molecule has 0 aliphatic carbocycles. The van der Waals surface area contributed by atoms with E-state index in [0.717, 1.165) is 0 Å². The normalized spacial score (nSPS) is 13.1. The number of para-hydroxylation sites is 1. The van der Waals surface area contributed by atoms with Crippen LogP contribution in [0.2, 0.25) is 0 Å². The summed E-state index contributed by atoms with van der Waals surface area (Å²) in [6, 6.07) is 7.27. The van der Waals surface area contributed by atoms with Gasteiger partial charge < -0.3 is 14.9 Å². The number of hydrogen-bond donors (Lipinski definition) is 2. The number of carboxylic acids is 1. The van der Waals surface area contributed by atoms with Gasteiger partial charge in [-0.1, -0.05) is 18.2 Å². The molecule has 0 aliphatic heterocycles. The monoisotopic (exact) mass is 254 g/mol. The van der Waals surface area contributed by atoms with Crippen LogP contribution in [0, 0.1) is 11.5 Å². The first-order chi connectivity index (χ1) is 8.13. The van der Waals surface area contributed by atoms with Gasteiger partial charge in [-0.3, -0.25) is 4.57 Å². The van der Waals surface area contributed by atoms with E-state index in [4.69, 9.17) is 14.9 Å². The van der Waals surface area contributed by atoms with E-state index in [9.17, 15) is 9.36 Å². The molecule has 1 aromatic rings. The van der Waals surface area contributed by atoms with Gasteiger partial charge in [-0.15, -0.1) is 0 Å². The van der Waals surface area contributed by atoms with E-state index >= 15 is 0 Å². The molecule has 17 heavy (non-hydrogen) atoms. The van der Waals surface area contributed by atoms with Crippen LogP contribution in [0.5, 0.6) is 5.75 Å². The summed E-state index contributed by atoms with van der Waals surface area (Å²) in [5, 5.41) is 19.1. The highest BCUT2D eigenvalue weighted by Gasteiger charge is 2.20. The quantitative estimate of drug-likeness (QED) is 0.447. The maximum Gasteiger partial charge on any atom is 0.327 e. The molecule has 0 fully saturated rings. The minimum absolute atomic E-state index is 0.234.